The molecule has 1 aromatic carbocycles. The van der Waals surface area contributed by atoms with Crippen LogP contribution in [0, 0.1) is 6.92 Å². The summed E-state index contributed by atoms with van der Waals surface area (Å²) in [5.74, 6) is 7.52. The highest BCUT2D eigenvalue weighted by Crippen LogP contribution is 2.31. The van der Waals surface area contributed by atoms with Crippen LogP contribution in [0.15, 0.2) is 24.3 Å². The van der Waals surface area contributed by atoms with Gasteiger partial charge in [-0.25, -0.2) is 10.8 Å². The van der Waals surface area contributed by atoms with Crippen LogP contribution in [0.4, 0.5) is 5.82 Å². The fraction of sp³-hybridized carbons (Fsp3) is 0.333. The lowest BCUT2D eigenvalue weighted by atomic mass is 9.96. The van der Waals surface area contributed by atoms with Crippen LogP contribution in [0.3, 0.4) is 0 Å². The third-order valence-electron chi connectivity index (χ3n) is 2.82. The van der Waals surface area contributed by atoms with E-state index in [-0.39, 0.29) is 5.41 Å². The van der Waals surface area contributed by atoms with Gasteiger partial charge in [0.25, 0.3) is 0 Å². The minimum absolute atomic E-state index is 0.220. The first kappa shape index (κ1) is 15.5. The van der Waals surface area contributed by atoms with E-state index in [4.69, 9.17) is 22.2 Å². The molecule has 0 saturated carbocycles. The van der Waals surface area contributed by atoms with E-state index in [1.807, 2.05) is 45.9 Å². The van der Waals surface area contributed by atoms with Crippen LogP contribution in [0.2, 0.25) is 5.02 Å². The summed E-state index contributed by atoms with van der Waals surface area (Å²) in [6.45, 7) is 8.02. The lowest BCUT2D eigenvalue weighted by Gasteiger charge is -2.18. The van der Waals surface area contributed by atoms with Gasteiger partial charge in [0.2, 0.25) is 5.88 Å². The number of hydrogen-bond donors (Lipinski definition) is 2. The molecule has 1 aromatic heterocycles. The highest BCUT2D eigenvalue weighted by molar-refractivity contribution is 6.32. The summed E-state index contributed by atoms with van der Waals surface area (Å²) in [5.41, 5.74) is 3.37. The number of benzene rings is 1. The van der Waals surface area contributed by atoms with Crippen molar-refractivity contribution in [3.63, 3.8) is 0 Å². The molecule has 0 aliphatic heterocycles. The smallest absolute Gasteiger partial charge is 0.224 e. The zero-order chi connectivity index (χ0) is 15.6. The van der Waals surface area contributed by atoms with Crippen molar-refractivity contribution in [2.75, 3.05) is 5.43 Å². The Kier molecular flexibility index (Phi) is 4.34. The van der Waals surface area contributed by atoms with E-state index in [0.717, 1.165) is 5.56 Å². The highest BCUT2D eigenvalue weighted by Gasteiger charge is 2.20. The minimum atomic E-state index is -0.220. The van der Waals surface area contributed by atoms with Crippen LogP contribution in [-0.4, -0.2) is 9.97 Å². The van der Waals surface area contributed by atoms with Crippen molar-refractivity contribution in [1.29, 1.82) is 0 Å². The zero-order valence-electron chi connectivity index (χ0n) is 12.6. The first-order valence-corrected chi connectivity index (χ1v) is 6.97. The lowest BCUT2D eigenvalue weighted by molar-refractivity contribution is 0.446. The van der Waals surface area contributed by atoms with Crippen molar-refractivity contribution in [1.82, 2.24) is 9.97 Å². The van der Waals surface area contributed by atoms with E-state index in [1.165, 1.54) is 0 Å². The summed E-state index contributed by atoms with van der Waals surface area (Å²) in [7, 11) is 0. The number of anilines is 1. The monoisotopic (exact) mass is 306 g/mol. The van der Waals surface area contributed by atoms with Gasteiger partial charge in [0, 0.05) is 11.5 Å². The predicted octanol–water partition coefficient (Wildman–Crippen LogP) is 3.81. The molecule has 112 valence electrons. The maximum absolute atomic E-state index is 6.17. The van der Waals surface area contributed by atoms with E-state index in [9.17, 15) is 0 Å². The Morgan fingerprint density at radius 2 is 1.90 bits per heavy atom. The van der Waals surface area contributed by atoms with Gasteiger partial charge in [0.15, 0.2) is 0 Å². The molecule has 3 N–H and O–H groups in total. The third-order valence-corrected chi connectivity index (χ3v) is 3.12. The first-order chi connectivity index (χ1) is 9.79. The number of nitrogens with zero attached hydrogens (tertiary/aromatic N) is 2. The maximum atomic E-state index is 6.17. The number of halogens is 1. The molecule has 2 rings (SSSR count). The first-order valence-electron chi connectivity index (χ1n) is 6.60. The Balaban J connectivity index is 2.39. The van der Waals surface area contributed by atoms with Gasteiger partial charge in [-0.15, -0.1) is 0 Å². The molecule has 21 heavy (non-hydrogen) atoms. The van der Waals surface area contributed by atoms with E-state index in [0.29, 0.717) is 28.3 Å². The SMILES string of the molecule is Cc1ccc(Oc2cc(NN)nc(C(C)(C)C)n2)c(Cl)c1. The van der Waals surface area contributed by atoms with Crippen molar-refractivity contribution in [3.8, 4) is 11.6 Å². The Labute approximate surface area is 129 Å². The molecule has 0 unspecified atom stereocenters. The normalized spacial score (nSPS) is 11.3. The number of ether oxygens (including phenoxy) is 1. The number of hydrazine groups is 1. The number of nitrogens with two attached hydrogens (primary N) is 1. The Hall–Kier alpha value is -1.85. The molecule has 5 nitrogen and oxygen atoms in total. The van der Waals surface area contributed by atoms with Crippen LogP contribution in [-0.2, 0) is 5.41 Å². The summed E-state index contributed by atoms with van der Waals surface area (Å²) < 4.78 is 5.76. The number of rotatable bonds is 3. The summed E-state index contributed by atoms with van der Waals surface area (Å²) >= 11 is 6.17. The third kappa shape index (κ3) is 3.83. The van der Waals surface area contributed by atoms with Gasteiger partial charge >= 0.3 is 0 Å². The van der Waals surface area contributed by atoms with Crippen LogP contribution >= 0.6 is 11.6 Å². The lowest BCUT2D eigenvalue weighted by Crippen LogP contribution is -2.19. The molecular formula is C15H19ClN4O. The molecule has 0 aliphatic rings. The second kappa shape index (κ2) is 5.87. The van der Waals surface area contributed by atoms with Gasteiger partial charge in [0.1, 0.15) is 17.4 Å². The standard InChI is InChI=1S/C15H19ClN4O/c1-9-5-6-11(10(16)7-9)21-13-8-12(20-17)18-14(19-13)15(2,3)4/h5-8H,17H2,1-4H3,(H,18,19,20). The van der Waals surface area contributed by atoms with Crippen molar-refractivity contribution in [2.45, 2.75) is 33.1 Å². The highest BCUT2D eigenvalue weighted by atomic mass is 35.5. The van der Waals surface area contributed by atoms with Gasteiger partial charge in [0.05, 0.1) is 5.02 Å². The maximum Gasteiger partial charge on any atom is 0.224 e. The van der Waals surface area contributed by atoms with Crippen LogP contribution in [0.5, 0.6) is 11.6 Å². The van der Waals surface area contributed by atoms with Gasteiger partial charge in [-0.1, -0.05) is 38.4 Å². The summed E-state index contributed by atoms with van der Waals surface area (Å²) in [6, 6.07) is 7.21. The Bertz CT molecular complexity index is 653. The predicted molar refractivity (Wildman–Crippen MR) is 84.8 cm³/mol. The molecule has 0 radical (unpaired) electrons. The number of aromatic nitrogens is 2. The number of aryl methyl sites for hydroxylation is 1. The van der Waals surface area contributed by atoms with E-state index in [2.05, 4.69) is 15.4 Å². The second-order valence-electron chi connectivity index (χ2n) is 5.85. The largest absolute Gasteiger partial charge is 0.437 e. The quantitative estimate of drug-likeness (QED) is 0.666. The average Bonchev–Trinajstić information content (AvgIpc) is 2.40. The molecule has 0 atom stereocenters. The number of hydrogen-bond acceptors (Lipinski definition) is 5. The van der Waals surface area contributed by atoms with Gasteiger partial charge in [-0.05, 0) is 24.6 Å². The summed E-state index contributed by atoms with van der Waals surface area (Å²) in [5, 5.41) is 0.535. The van der Waals surface area contributed by atoms with Gasteiger partial charge in [-0.2, -0.15) is 4.98 Å². The number of nitrogens with one attached hydrogen (secondary N) is 1. The van der Waals surface area contributed by atoms with Crippen molar-refractivity contribution >= 4 is 17.4 Å². The zero-order valence-corrected chi connectivity index (χ0v) is 13.3. The molecule has 1 heterocycles. The Morgan fingerprint density at radius 1 is 1.19 bits per heavy atom. The molecule has 0 fully saturated rings. The molecule has 2 aromatic rings. The van der Waals surface area contributed by atoms with Crippen LogP contribution < -0.4 is 16.0 Å². The topological polar surface area (TPSA) is 73.1 Å². The van der Waals surface area contributed by atoms with Crippen molar-refractivity contribution < 1.29 is 4.74 Å². The Morgan fingerprint density at radius 3 is 2.48 bits per heavy atom. The molecule has 0 aliphatic carbocycles. The molecular weight excluding hydrogens is 288 g/mol. The fourth-order valence-corrected chi connectivity index (χ4v) is 1.96. The van der Waals surface area contributed by atoms with Gasteiger partial charge < -0.3 is 10.2 Å². The van der Waals surface area contributed by atoms with Gasteiger partial charge in [-0.3, -0.25) is 0 Å². The van der Waals surface area contributed by atoms with Crippen molar-refractivity contribution in [3.05, 3.63) is 40.7 Å². The fourth-order valence-electron chi connectivity index (χ4n) is 1.69. The van der Waals surface area contributed by atoms with E-state index < -0.39 is 0 Å². The summed E-state index contributed by atoms with van der Waals surface area (Å²) in [4.78, 5) is 8.77. The minimum Gasteiger partial charge on any atom is -0.437 e. The van der Waals surface area contributed by atoms with E-state index in [1.54, 1.807) is 6.07 Å². The summed E-state index contributed by atoms with van der Waals surface area (Å²) in [6.07, 6.45) is 0. The molecule has 6 heteroatoms. The van der Waals surface area contributed by atoms with Crippen molar-refractivity contribution in [2.24, 2.45) is 5.84 Å². The second-order valence-corrected chi connectivity index (χ2v) is 6.25. The molecule has 0 bridgehead atoms. The number of nitrogen functional groups attached to an aromatic ring is 1. The van der Waals surface area contributed by atoms with E-state index >= 15 is 0 Å². The molecule has 0 saturated heterocycles. The average molecular weight is 307 g/mol. The molecule has 0 amide bonds. The van der Waals surface area contributed by atoms with Crippen LogP contribution in [0.25, 0.3) is 0 Å². The molecule has 0 spiro atoms. The van der Waals surface area contributed by atoms with Crippen LogP contribution in [0.1, 0.15) is 32.2 Å².